The van der Waals surface area contributed by atoms with Crippen LogP contribution in [0.25, 0.3) is 0 Å². The second-order valence-electron chi connectivity index (χ2n) is 5.77. The highest BCUT2D eigenvalue weighted by Gasteiger charge is 2.50. The number of nitrogens with zero attached hydrogens (tertiary/aromatic N) is 3. The fourth-order valence-corrected chi connectivity index (χ4v) is 3.16. The monoisotopic (exact) mass is 277 g/mol. The SMILES string of the molecule is Cn1nccc1C1CCN(C(=O)C2CC2C(=O)O)CC1. The number of aromatic nitrogens is 2. The molecule has 2 heterocycles. The third-order valence-electron chi connectivity index (χ3n) is 4.51. The van der Waals surface area contributed by atoms with Crippen LogP contribution in [0.5, 0.6) is 0 Å². The first-order valence-electron chi connectivity index (χ1n) is 7.07. The first-order chi connectivity index (χ1) is 9.58. The number of amides is 1. The Hall–Kier alpha value is -1.85. The van der Waals surface area contributed by atoms with Gasteiger partial charge in [0.15, 0.2) is 0 Å². The summed E-state index contributed by atoms with van der Waals surface area (Å²) < 4.78 is 1.89. The zero-order chi connectivity index (χ0) is 14.3. The largest absolute Gasteiger partial charge is 0.481 e. The zero-order valence-corrected chi connectivity index (χ0v) is 11.5. The highest BCUT2D eigenvalue weighted by Crippen LogP contribution is 2.41. The van der Waals surface area contributed by atoms with E-state index in [2.05, 4.69) is 5.10 Å². The summed E-state index contributed by atoms with van der Waals surface area (Å²) in [5, 5.41) is 13.1. The Morgan fingerprint density at radius 2 is 2.00 bits per heavy atom. The molecule has 3 rings (SSSR count). The van der Waals surface area contributed by atoms with Crippen LogP contribution in [0, 0.1) is 11.8 Å². The Balaban J connectivity index is 1.55. The molecule has 6 nitrogen and oxygen atoms in total. The summed E-state index contributed by atoms with van der Waals surface area (Å²) in [4.78, 5) is 24.8. The van der Waals surface area contributed by atoms with E-state index in [9.17, 15) is 9.59 Å². The van der Waals surface area contributed by atoms with Gasteiger partial charge in [-0.25, -0.2) is 0 Å². The lowest BCUT2D eigenvalue weighted by molar-refractivity contribution is -0.142. The molecule has 0 bridgehead atoms. The average Bonchev–Trinajstić information content (AvgIpc) is 3.14. The lowest BCUT2D eigenvalue weighted by atomic mass is 9.93. The Morgan fingerprint density at radius 3 is 2.50 bits per heavy atom. The molecule has 2 unspecified atom stereocenters. The van der Waals surface area contributed by atoms with Crippen molar-refractivity contribution in [2.24, 2.45) is 18.9 Å². The molecule has 1 aliphatic heterocycles. The third-order valence-corrected chi connectivity index (χ3v) is 4.51. The van der Waals surface area contributed by atoms with Crippen LogP contribution in [0.3, 0.4) is 0 Å². The molecule has 1 aromatic heterocycles. The van der Waals surface area contributed by atoms with Crippen LogP contribution in [0.4, 0.5) is 0 Å². The minimum atomic E-state index is -0.840. The van der Waals surface area contributed by atoms with E-state index in [-0.39, 0.29) is 11.8 Å². The molecule has 1 aromatic rings. The highest BCUT2D eigenvalue weighted by molar-refractivity contribution is 5.89. The number of hydrogen-bond donors (Lipinski definition) is 1. The first-order valence-corrected chi connectivity index (χ1v) is 7.07. The van der Waals surface area contributed by atoms with Crippen molar-refractivity contribution in [1.82, 2.24) is 14.7 Å². The molecule has 2 fully saturated rings. The van der Waals surface area contributed by atoms with Crippen molar-refractivity contribution in [3.05, 3.63) is 18.0 Å². The molecule has 20 heavy (non-hydrogen) atoms. The van der Waals surface area contributed by atoms with E-state index in [1.165, 1.54) is 5.69 Å². The van der Waals surface area contributed by atoms with Crippen molar-refractivity contribution in [2.45, 2.75) is 25.2 Å². The van der Waals surface area contributed by atoms with E-state index in [0.717, 1.165) is 25.9 Å². The molecule has 2 atom stereocenters. The molecule has 108 valence electrons. The van der Waals surface area contributed by atoms with Crippen LogP contribution in [0.15, 0.2) is 12.3 Å². The molecule has 1 N–H and O–H groups in total. The van der Waals surface area contributed by atoms with E-state index in [0.29, 0.717) is 12.3 Å². The molecule has 6 heteroatoms. The molecule has 0 aromatic carbocycles. The summed E-state index contributed by atoms with van der Waals surface area (Å²) >= 11 is 0. The minimum Gasteiger partial charge on any atom is -0.481 e. The third kappa shape index (κ3) is 2.30. The minimum absolute atomic E-state index is 0.0286. The second-order valence-corrected chi connectivity index (χ2v) is 5.77. The molecular weight excluding hydrogens is 258 g/mol. The zero-order valence-electron chi connectivity index (χ0n) is 11.5. The summed E-state index contributed by atoms with van der Waals surface area (Å²) in [6, 6.07) is 2.03. The maximum atomic E-state index is 12.2. The fourth-order valence-electron chi connectivity index (χ4n) is 3.16. The van der Waals surface area contributed by atoms with Gasteiger partial charge < -0.3 is 10.0 Å². The summed E-state index contributed by atoms with van der Waals surface area (Å²) in [7, 11) is 1.94. The van der Waals surface area contributed by atoms with Gasteiger partial charge in [-0.3, -0.25) is 14.3 Å². The van der Waals surface area contributed by atoms with Crippen molar-refractivity contribution in [1.29, 1.82) is 0 Å². The first kappa shape index (κ1) is 13.1. The van der Waals surface area contributed by atoms with Gasteiger partial charge in [-0.05, 0) is 25.3 Å². The summed E-state index contributed by atoms with van der Waals surface area (Å²) in [6.45, 7) is 1.44. The summed E-state index contributed by atoms with van der Waals surface area (Å²) in [5.74, 6) is -1.09. The maximum Gasteiger partial charge on any atom is 0.307 e. The van der Waals surface area contributed by atoms with Gasteiger partial charge >= 0.3 is 5.97 Å². The van der Waals surface area contributed by atoms with Crippen molar-refractivity contribution >= 4 is 11.9 Å². The van der Waals surface area contributed by atoms with Gasteiger partial charge in [0.1, 0.15) is 0 Å². The van der Waals surface area contributed by atoms with Crippen molar-refractivity contribution < 1.29 is 14.7 Å². The molecule has 1 amide bonds. The predicted molar refractivity (Wildman–Crippen MR) is 71.0 cm³/mol. The number of carboxylic acid groups (broad SMARTS) is 1. The van der Waals surface area contributed by atoms with Gasteiger partial charge in [0.05, 0.1) is 11.8 Å². The summed E-state index contributed by atoms with van der Waals surface area (Å²) in [5.41, 5.74) is 1.21. The van der Waals surface area contributed by atoms with E-state index in [4.69, 9.17) is 5.11 Å². The lowest BCUT2D eigenvalue weighted by Crippen LogP contribution is -2.39. The van der Waals surface area contributed by atoms with Crippen LogP contribution >= 0.6 is 0 Å². The van der Waals surface area contributed by atoms with Crippen LogP contribution in [0.2, 0.25) is 0 Å². The Labute approximate surface area is 117 Å². The van der Waals surface area contributed by atoms with Gasteiger partial charge in [0.2, 0.25) is 5.91 Å². The fraction of sp³-hybridized carbons (Fsp3) is 0.643. The molecule has 1 aliphatic carbocycles. The number of carbonyl (C=O) groups is 2. The van der Waals surface area contributed by atoms with E-state index >= 15 is 0 Å². The highest BCUT2D eigenvalue weighted by atomic mass is 16.4. The number of rotatable bonds is 3. The van der Waals surface area contributed by atoms with Crippen molar-refractivity contribution in [2.75, 3.05) is 13.1 Å². The quantitative estimate of drug-likeness (QED) is 0.888. The summed E-state index contributed by atoms with van der Waals surface area (Å²) in [6.07, 6.45) is 4.16. The number of carbonyl (C=O) groups excluding carboxylic acids is 1. The predicted octanol–water partition coefficient (Wildman–Crippen LogP) is 0.847. The van der Waals surface area contributed by atoms with Crippen molar-refractivity contribution in [3.63, 3.8) is 0 Å². The molecule has 0 spiro atoms. The Bertz CT molecular complexity index is 532. The Kier molecular flexibility index (Phi) is 3.23. The van der Waals surface area contributed by atoms with Gasteiger partial charge in [-0.1, -0.05) is 0 Å². The smallest absolute Gasteiger partial charge is 0.307 e. The standard InChI is InChI=1S/C14H19N3O3/c1-16-12(2-5-15-16)9-3-6-17(7-4-9)13(18)10-8-11(10)14(19)20/h2,5,9-11H,3-4,6-8H2,1H3,(H,19,20). The van der Waals surface area contributed by atoms with E-state index in [1.54, 1.807) is 6.20 Å². The van der Waals surface area contributed by atoms with Crippen molar-refractivity contribution in [3.8, 4) is 0 Å². The van der Waals surface area contributed by atoms with Crippen LogP contribution < -0.4 is 0 Å². The van der Waals surface area contributed by atoms with Gasteiger partial charge in [-0.2, -0.15) is 5.10 Å². The number of aliphatic carboxylic acids is 1. The van der Waals surface area contributed by atoms with Gasteiger partial charge in [0.25, 0.3) is 0 Å². The average molecular weight is 277 g/mol. The molecule has 1 saturated heterocycles. The number of likely N-dealkylation sites (tertiary alicyclic amines) is 1. The molecule has 0 radical (unpaired) electrons. The molecule has 2 aliphatic rings. The van der Waals surface area contributed by atoms with E-state index in [1.807, 2.05) is 22.7 Å². The number of hydrogen-bond acceptors (Lipinski definition) is 3. The second kappa shape index (κ2) is 4.92. The van der Waals surface area contributed by atoms with Crippen LogP contribution in [-0.2, 0) is 16.6 Å². The lowest BCUT2D eigenvalue weighted by Gasteiger charge is -2.32. The molecule has 1 saturated carbocycles. The maximum absolute atomic E-state index is 12.2. The Morgan fingerprint density at radius 1 is 1.30 bits per heavy atom. The number of piperidine rings is 1. The number of aryl methyl sites for hydroxylation is 1. The van der Waals surface area contributed by atoms with E-state index < -0.39 is 11.9 Å². The van der Waals surface area contributed by atoms with Crippen LogP contribution in [-0.4, -0.2) is 44.8 Å². The molecular formula is C14H19N3O3. The van der Waals surface area contributed by atoms with Crippen LogP contribution in [0.1, 0.15) is 30.9 Å². The number of carboxylic acids is 1. The normalized spacial score (nSPS) is 26.6. The topological polar surface area (TPSA) is 75.4 Å². The van der Waals surface area contributed by atoms with Gasteiger partial charge in [0, 0.05) is 37.9 Å². The van der Waals surface area contributed by atoms with Gasteiger partial charge in [-0.15, -0.1) is 0 Å².